The monoisotopic (exact) mass is 325 g/mol. The lowest BCUT2D eigenvalue weighted by Gasteiger charge is -2.14. The van der Waals surface area contributed by atoms with E-state index in [1.165, 1.54) is 0 Å². The smallest absolute Gasteiger partial charge is 0.252 e. The first-order valence-electron chi connectivity index (χ1n) is 7.47. The molecule has 3 N–H and O–H groups in total. The van der Waals surface area contributed by atoms with Crippen molar-refractivity contribution in [1.29, 1.82) is 0 Å². The minimum atomic E-state index is -0.254. The number of anilines is 1. The van der Waals surface area contributed by atoms with E-state index in [4.69, 9.17) is 11.6 Å². The van der Waals surface area contributed by atoms with Crippen molar-refractivity contribution in [3.8, 4) is 0 Å². The van der Waals surface area contributed by atoms with Crippen molar-refractivity contribution in [3.05, 3.63) is 28.8 Å². The Morgan fingerprint density at radius 3 is 2.50 bits per heavy atom. The Morgan fingerprint density at radius 1 is 1.23 bits per heavy atom. The fourth-order valence-electron chi connectivity index (χ4n) is 1.83. The van der Waals surface area contributed by atoms with Gasteiger partial charge in [-0.15, -0.1) is 0 Å². The highest BCUT2D eigenvalue weighted by Crippen LogP contribution is 2.21. The van der Waals surface area contributed by atoms with Gasteiger partial charge in [0.15, 0.2) is 0 Å². The van der Waals surface area contributed by atoms with Crippen LogP contribution in [-0.2, 0) is 4.79 Å². The van der Waals surface area contributed by atoms with Gasteiger partial charge in [-0.05, 0) is 31.7 Å². The molecule has 0 spiro atoms. The van der Waals surface area contributed by atoms with Gasteiger partial charge in [-0.25, -0.2) is 0 Å². The molecule has 1 atom stereocenters. The maximum absolute atomic E-state index is 12.2. The van der Waals surface area contributed by atoms with Gasteiger partial charge in [0.2, 0.25) is 5.91 Å². The Labute approximate surface area is 136 Å². The fraction of sp³-hybridized carbons (Fsp3) is 0.500. The highest BCUT2D eigenvalue weighted by atomic mass is 35.5. The molecule has 0 fully saturated rings. The molecule has 0 radical (unpaired) electrons. The molecule has 122 valence electrons. The molecule has 0 bridgehead atoms. The van der Waals surface area contributed by atoms with Crippen LogP contribution in [0.3, 0.4) is 0 Å². The van der Waals surface area contributed by atoms with E-state index in [9.17, 15) is 9.59 Å². The van der Waals surface area contributed by atoms with E-state index in [-0.39, 0.29) is 23.8 Å². The van der Waals surface area contributed by atoms with E-state index in [2.05, 4.69) is 16.0 Å². The summed E-state index contributed by atoms with van der Waals surface area (Å²) in [5, 5.41) is 9.16. The van der Waals surface area contributed by atoms with E-state index in [0.717, 1.165) is 6.54 Å². The molecule has 5 nitrogen and oxygen atoms in total. The van der Waals surface area contributed by atoms with Crippen molar-refractivity contribution in [2.24, 2.45) is 5.92 Å². The molecule has 0 aliphatic rings. The number of benzene rings is 1. The number of rotatable bonds is 7. The lowest BCUT2D eigenvalue weighted by Crippen LogP contribution is -2.38. The summed E-state index contributed by atoms with van der Waals surface area (Å²) >= 11 is 6.08. The van der Waals surface area contributed by atoms with Crippen molar-refractivity contribution in [2.45, 2.75) is 33.7 Å². The highest BCUT2D eigenvalue weighted by molar-refractivity contribution is 6.34. The molecule has 2 amide bonds. The molecule has 22 heavy (non-hydrogen) atoms. The molecule has 0 heterocycles. The van der Waals surface area contributed by atoms with Crippen LogP contribution in [-0.4, -0.2) is 30.9 Å². The normalized spacial score (nSPS) is 12.1. The van der Waals surface area contributed by atoms with Gasteiger partial charge in [0, 0.05) is 24.2 Å². The minimum absolute atomic E-state index is 0.102. The zero-order chi connectivity index (χ0) is 16.7. The Hall–Kier alpha value is -1.59. The van der Waals surface area contributed by atoms with Crippen molar-refractivity contribution in [3.63, 3.8) is 0 Å². The Balaban J connectivity index is 2.76. The summed E-state index contributed by atoms with van der Waals surface area (Å²) in [5.41, 5.74) is 0.917. The first kappa shape index (κ1) is 18.5. The molecule has 6 heteroatoms. The van der Waals surface area contributed by atoms with Crippen molar-refractivity contribution >= 4 is 29.1 Å². The molecular weight excluding hydrogens is 302 g/mol. The topological polar surface area (TPSA) is 70.2 Å². The minimum Gasteiger partial charge on any atom is -0.350 e. The van der Waals surface area contributed by atoms with Gasteiger partial charge in [0.25, 0.3) is 5.91 Å². The van der Waals surface area contributed by atoms with E-state index in [1.54, 1.807) is 32.0 Å². The van der Waals surface area contributed by atoms with E-state index in [0.29, 0.717) is 22.8 Å². The lowest BCUT2D eigenvalue weighted by molar-refractivity contribution is -0.118. The molecular formula is C16H24ClN3O2. The largest absolute Gasteiger partial charge is 0.350 e. The number of likely N-dealkylation sites (N-methyl/N-ethyl adjacent to an activating group) is 1. The van der Waals surface area contributed by atoms with E-state index < -0.39 is 0 Å². The van der Waals surface area contributed by atoms with E-state index >= 15 is 0 Å². The molecule has 1 aromatic carbocycles. The number of hydrogen-bond acceptors (Lipinski definition) is 3. The number of halogens is 1. The summed E-state index contributed by atoms with van der Waals surface area (Å²) in [6, 6.07) is 5.06. The maximum atomic E-state index is 12.2. The van der Waals surface area contributed by atoms with Crippen molar-refractivity contribution in [2.75, 3.05) is 18.4 Å². The van der Waals surface area contributed by atoms with Gasteiger partial charge in [0.1, 0.15) is 0 Å². The maximum Gasteiger partial charge on any atom is 0.252 e. The van der Waals surface area contributed by atoms with Crippen LogP contribution in [0.2, 0.25) is 5.02 Å². The Morgan fingerprint density at radius 2 is 1.91 bits per heavy atom. The third kappa shape index (κ3) is 5.66. The average molecular weight is 326 g/mol. The second-order valence-electron chi connectivity index (χ2n) is 5.51. The zero-order valence-corrected chi connectivity index (χ0v) is 14.3. The molecule has 1 rings (SSSR count). The summed E-state index contributed by atoms with van der Waals surface area (Å²) in [5.74, 6) is -0.487. The SMILES string of the molecule is CCN[C@H](C)CNC(=O)c1cc(NC(=O)C(C)C)ccc1Cl. The zero-order valence-electron chi connectivity index (χ0n) is 13.5. The van der Waals surface area contributed by atoms with Gasteiger partial charge in [0.05, 0.1) is 10.6 Å². The van der Waals surface area contributed by atoms with Crippen LogP contribution in [0.1, 0.15) is 38.1 Å². The van der Waals surface area contributed by atoms with Crippen LogP contribution in [0.4, 0.5) is 5.69 Å². The number of carbonyl (C=O) groups is 2. The molecule has 0 saturated carbocycles. The third-order valence-corrected chi connectivity index (χ3v) is 3.45. The Bertz CT molecular complexity index is 532. The van der Waals surface area contributed by atoms with Crippen LogP contribution < -0.4 is 16.0 Å². The Kier molecular flexibility index (Phi) is 7.35. The number of carbonyl (C=O) groups excluding carboxylic acids is 2. The van der Waals surface area contributed by atoms with Crippen LogP contribution in [0.5, 0.6) is 0 Å². The molecule has 0 aliphatic heterocycles. The van der Waals surface area contributed by atoms with Crippen LogP contribution >= 0.6 is 11.6 Å². The summed E-state index contributed by atoms with van der Waals surface area (Å²) in [4.78, 5) is 23.9. The van der Waals surface area contributed by atoms with E-state index in [1.807, 2.05) is 13.8 Å². The van der Waals surface area contributed by atoms with Crippen LogP contribution in [0, 0.1) is 5.92 Å². The van der Waals surface area contributed by atoms with Crippen molar-refractivity contribution < 1.29 is 9.59 Å². The predicted molar refractivity (Wildman–Crippen MR) is 90.4 cm³/mol. The van der Waals surface area contributed by atoms with Crippen LogP contribution in [0.15, 0.2) is 18.2 Å². The standard InChI is InChI=1S/C16H24ClN3O2/c1-5-18-11(4)9-19-16(22)13-8-12(6-7-14(13)17)20-15(21)10(2)3/h6-8,10-11,18H,5,9H2,1-4H3,(H,19,22)(H,20,21)/t11-/m1/s1. The van der Waals surface area contributed by atoms with Crippen molar-refractivity contribution in [1.82, 2.24) is 10.6 Å². The molecule has 0 aromatic heterocycles. The number of nitrogens with one attached hydrogen (secondary N) is 3. The third-order valence-electron chi connectivity index (χ3n) is 3.12. The second-order valence-corrected chi connectivity index (χ2v) is 5.91. The summed E-state index contributed by atoms with van der Waals surface area (Å²) in [7, 11) is 0. The van der Waals surface area contributed by atoms with Crippen LogP contribution in [0.25, 0.3) is 0 Å². The molecule has 0 aliphatic carbocycles. The lowest BCUT2D eigenvalue weighted by atomic mass is 10.1. The summed E-state index contributed by atoms with van der Waals surface area (Å²) < 4.78 is 0. The quantitative estimate of drug-likeness (QED) is 0.722. The van der Waals surface area contributed by atoms with Gasteiger partial charge in [-0.1, -0.05) is 32.4 Å². The van der Waals surface area contributed by atoms with Gasteiger partial charge < -0.3 is 16.0 Å². The predicted octanol–water partition coefficient (Wildman–Crippen LogP) is 2.66. The summed E-state index contributed by atoms with van der Waals surface area (Å²) in [6.45, 7) is 8.96. The first-order valence-corrected chi connectivity index (χ1v) is 7.85. The first-order chi connectivity index (χ1) is 10.3. The molecule has 1 aromatic rings. The number of hydrogen-bond donors (Lipinski definition) is 3. The second kappa shape index (κ2) is 8.76. The van der Waals surface area contributed by atoms with Gasteiger partial charge in [-0.3, -0.25) is 9.59 Å². The highest BCUT2D eigenvalue weighted by Gasteiger charge is 2.14. The molecule has 0 unspecified atom stereocenters. The average Bonchev–Trinajstić information content (AvgIpc) is 2.46. The summed E-state index contributed by atoms with van der Waals surface area (Å²) in [6.07, 6.45) is 0. The number of amides is 2. The fourth-order valence-corrected chi connectivity index (χ4v) is 2.03. The van der Waals surface area contributed by atoms with Gasteiger partial charge >= 0.3 is 0 Å². The van der Waals surface area contributed by atoms with Gasteiger partial charge in [-0.2, -0.15) is 0 Å². The molecule has 0 saturated heterocycles.